The molecule has 0 N–H and O–H groups in total. The van der Waals surface area contributed by atoms with Crippen LogP contribution in [0.4, 0.5) is 5.69 Å². The Hall–Kier alpha value is -0.730. The Balaban J connectivity index is 2.13. The maximum Gasteiger partial charge on any atom is 0.0671 e. The molecule has 0 saturated carbocycles. The van der Waals surface area contributed by atoms with E-state index in [0.717, 1.165) is 44.2 Å². The largest absolute Gasteiger partial charge is 0.368 e. The third kappa shape index (κ3) is 2.75. The maximum atomic E-state index is 6.46. The van der Waals surface area contributed by atoms with Crippen molar-refractivity contribution >= 4 is 17.3 Å². The van der Waals surface area contributed by atoms with Crippen molar-refractivity contribution in [1.29, 1.82) is 0 Å². The van der Waals surface area contributed by atoms with Crippen LogP contribution in [0, 0.1) is 0 Å². The number of hydrogen-bond donors (Lipinski definition) is 0. The van der Waals surface area contributed by atoms with Crippen LogP contribution in [0.25, 0.3) is 0 Å². The highest BCUT2D eigenvalue weighted by atomic mass is 35.5. The van der Waals surface area contributed by atoms with E-state index in [-0.39, 0.29) is 0 Å². The van der Waals surface area contributed by atoms with Gasteiger partial charge in [-0.15, -0.1) is 0 Å². The zero-order valence-corrected chi connectivity index (χ0v) is 11.5. The predicted molar refractivity (Wildman–Crippen MR) is 75.2 cm³/mol. The molecule has 0 radical (unpaired) electrons. The molecule has 1 aliphatic rings. The summed E-state index contributed by atoms with van der Waals surface area (Å²) in [7, 11) is 0. The highest BCUT2D eigenvalue weighted by Gasteiger charge is 2.18. The standard InChI is InChI=1S/C14H21ClN2/c1-3-12-6-5-7-13(14(12)15)17-10-8-16(4-2)9-11-17/h5-7H,3-4,8-11H2,1-2H3. The summed E-state index contributed by atoms with van der Waals surface area (Å²) in [5.74, 6) is 0. The minimum Gasteiger partial charge on any atom is -0.368 e. The van der Waals surface area contributed by atoms with E-state index in [4.69, 9.17) is 11.6 Å². The molecule has 2 rings (SSSR count). The normalized spacial score (nSPS) is 17.5. The predicted octanol–water partition coefficient (Wildman–Crippen LogP) is 3.04. The van der Waals surface area contributed by atoms with Gasteiger partial charge >= 0.3 is 0 Å². The van der Waals surface area contributed by atoms with Crippen LogP contribution in [0.3, 0.4) is 0 Å². The fourth-order valence-electron chi connectivity index (χ4n) is 2.39. The van der Waals surface area contributed by atoms with Gasteiger partial charge in [0.05, 0.1) is 10.7 Å². The molecule has 0 unspecified atom stereocenters. The number of hydrogen-bond acceptors (Lipinski definition) is 2. The number of aryl methyl sites for hydroxylation is 1. The molecule has 0 aromatic heterocycles. The Morgan fingerprint density at radius 3 is 2.41 bits per heavy atom. The molecule has 0 bridgehead atoms. The average Bonchev–Trinajstić information content (AvgIpc) is 2.39. The van der Waals surface area contributed by atoms with Crippen LogP contribution in [0.15, 0.2) is 18.2 Å². The van der Waals surface area contributed by atoms with Crippen molar-refractivity contribution in [1.82, 2.24) is 4.90 Å². The minimum absolute atomic E-state index is 0.944. The first-order valence-electron chi connectivity index (χ1n) is 6.51. The zero-order valence-electron chi connectivity index (χ0n) is 10.7. The van der Waals surface area contributed by atoms with Crippen molar-refractivity contribution in [3.63, 3.8) is 0 Å². The van der Waals surface area contributed by atoms with Gasteiger partial charge in [0.25, 0.3) is 0 Å². The Morgan fingerprint density at radius 1 is 1.12 bits per heavy atom. The molecule has 1 aromatic rings. The molecule has 2 nitrogen and oxygen atoms in total. The Labute approximate surface area is 109 Å². The summed E-state index contributed by atoms with van der Waals surface area (Å²) >= 11 is 6.46. The molecule has 0 aliphatic carbocycles. The van der Waals surface area contributed by atoms with E-state index in [9.17, 15) is 0 Å². The van der Waals surface area contributed by atoms with Gasteiger partial charge in [0.2, 0.25) is 0 Å². The van der Waals surface area contributed by atoms with Gasteiger partial charge in [0.15, 0.2) is 0 Å². The van der Waals surface area contributed by atoms with Crippen LogP contribution < -0.4 is 4.90 Å². The molecular weight excluding hydrogens is 232 g/mol. The van der Waals surface area contributed by atoms with E-state index < -0.39 is 0 Å². The summed E-state index contributed by atoms with van der Waals surface area (Å²) < 4.78 is 0. The number of nitrogens with zero attached hydrogens (tertiary/aromatic N) is 2. The maximum absolute atomic E-state index is 6.46. The van der Waals surface area contributed by atoms with Crippen LogP contribution in [0.1, 0.15) is 19.4 Å². The highest BCUT2D eigenvalue weighted by molar-refractivity contribution is 6.34. The van der Waals surface area contributed by atoms with Crippen molar-refractivity contribution < 1.29 is 0 Å². The fourth-order valence-corrected chi connectivity index (χ4v) is 2.77. The third-order valence-corrected chi connectivity index (χ3v) is 4.04. The van der Waals surface area contributed by atoms with E-state index in [2.05, 4.69) is 41.8 Å². The number of benzene rings is 1. The number of piperazine rings is 1. The molecule has 3 heteroatoms. The molecule has 1 aromatic carbocycles. The van der Waals surface area contributed by atoms with Crippen LogP contribution in [0.2, 0.25) is 5.02 Å². The summed E-state index contributed by atoms with van der Waals surface area (Å²) in [6.07, 6.45) is 1.00. The van der Waals surface area contributed by atoms with Gasteiger partial charge in [-0.3, -0.25) is 0 Å². The third-order valence-electron chi connectivity index (χ3n) is 3.60. The summed E-state index contributed by atoms with van der Waals surface area (Å²) in [6.45, 7) is 9.98. The second-order valence-corrected chi connectivity index (χ2v) is 4.90. The number of likely N-dealkylation sites (N-methyl/N-ethyl adjacent to an activating group) is 1. The highest BCUT2D eigenvalue weighted by Crippen LogP contribution is 2.30. The monoisotopic (exact) mass is 252 g/mol. The number of rotatable bonds is 3. The second-order valence-electron chi connectivity index (χ2n) is 4.53. The van der Waals surface area contributed by atoms with Crippen molar-refractivity contribution in [3.05, 3.63) is 28.8 Å². The van der Waals surface area contributed by atoms with Crippen molar-refractivity contribution in [2.75, 3.05) is 37.6 Å². The Kier molecular flexibility index (Phi) is 4.30. The minimum atomic E-state index is 0.944. The molecule has 1 saturated heterocycles. The topological polar surface area (TPSA) is 6.48 Å². The quantitative estimate of drug-likeness (QED) is 0.816. The van der Waals surface area contributed by atoms with Crippen molar-refractivity contribution in [2.24, 2.45) is 0 Å². The first-order chi connectivity index (χ1) is 8.26. The van der Waals surface area contributed by atoms with E-state index >= 15 is 0 Å². The van der Waals surface area contributed by atoms with Gasteiger partial charge < -0.3 is 9.80 Å². The molecule has 1 aliphatic heterocycles. The van der Waals surface area contributed by atoms with Crippen molar-refractivity contribution in [2.45, 2.75) is 20.3 Å². The van der Waals surface area contributed by atoms with Crippen LogP contribution in [-0.4, -0.2) is 37.6 Å². The summed E-state index contributed by atoms with van der Waals surface area (Å²) in [6, 6.07) is 6.38. The van der Waals surface area contributed by atoms with Gasteiger partial charge in [-0.25, -0.2) is 0 Å². The molecule has 0 amide bonds. The first-order valence-corrected chi connectivity index (χ1v) is 6.88. The molecule has 94 valence electrons. The van der Waals surface area contributed by atoms with Gasteiger partial charge in [0, 0.05) is 26.2 Å². The molecule has 1 heterocycles. The SMILES string of the molecule is CCc1cccc(N2CCN(CC)CC2)c1Cl. The van der Waals surface area contributed by atoms with Crippen molar-refractivity contribution in [3.8, 4) is 0 Å². The lowest BCUT2D eigenvalue weighted by Crippen LogP contribution is -2.46. The Bertz CT molecular complexity index is 370. The van der Waals surface area contributed by atoms with Crippen LogP contribution in [-0.2, 0) is 6.42 Å². The fraction of sp³-hybridized carbons (Fsp3) is 0.571. The second kappa shape index (κ2) is 5.74. The molecule has 17 heavy (non-hydrogen) atoms. The van der Waals surface area contributed by atoms with E-state index in [1.54, 1.807) is 0 Å². The van der Waals surface area contributed by atoms with Gasteiger partial charge in [-0.2, -0.15) is 0 Å². The number of anilines is 1. The zero-order chi connectivity index (χ0) is 12.3. The number of halogens is 1. The van der Waals surface area contributed by atoms with Gasteiger partial charge in [-0.05, 0) is 24.6 Å². The van der Waals surface area contributed by atoms with E-state index in [1.807, 2.05) is 0 Å². The lowest BCUT2D eigenvalue weighted by molar-refractivity contribution is 0.271. The van der Waals surface area contributed by atoms with Gasteiger partial charge in [-0.1, -0.05) is 37.6 Å². The van der Waals surface area contributed by atoms with Crippen LogP contribution >= 0.6 is 11.6 Å². The van der Waals surface area contributed by atoms with E-state index in [1.165, 1.54) is 11.3 Å². The summed E-state index contributed by atoms with van der Waals surface area (Å²) in [5, 5.41) is 0.944. The molecular formula is C14H21ClN2. The van der Waals surface area contributed by atoms with E-state index in [0.29, 0.717) is 0 Å². The lowest BCUT2D eigenvalue weighted by atomic mass is 10.1. The van der Waals surface area contributed by atoms with Gasteiger partial charge in [0.1, 0.15) is 0 Å². The summed E-state index contributed by atoms with van der Waals surface area (Å²) in [4.78, 5) is 4.89. The summed E-state index contributed by atoms with van der Waals surface area (Å²) in [5.41, 5.74) is 2.46. The lowest BCUT2D eigenvalue weighted by Gasteiger charge is -2.36. The Morgan fingerprint density at radius 2 is 1.82 bits per heavy atom. The molecule has 0 spiro atoms. The first kappa shape index (κ1) is 12.7. The van der Waals surface area contributed by atoms with Crippen LogP contribution in [0.5, 0.6) is 0 Å². The average molecular weight is 253 g/mol. The molecule has 0 atom stereocenters. The molecule has 1 fully saturated rings. The smallest absolute Gasteiger partial charge is 0.0671 e.